The maximum absolute atomic E-state index is 5.92. The number of aromatic nitrogens is 3. The van der Waals surface area contributed by atoms with Gasteiger partial charge < -0.3 is 10.6 Å². The fourth-order valence-electron chi connectivity index (χ4n) is 2.24. The molecular weight excluding hydrogens is 356 g/mol. The molecule has 0 saturated carbocycles. The molecule has 1 aromatic carbocycles. The van der Waals surface area contributed by atoms with Crippen molar-refractivity contribution in [2.75, 3.05) is 7.05 Å². The van der Waals surface area contributed by atoms with Crippen molar-refractivity contribution in [1.29, 1.82) is 0 Å². The van der Waals surface area contributed by atoms with E-state index < -0.39 is 0 Å². The van der Waals surface area contributed by atoms with Crippen LogP contribution in [-0.2, 0) is 13.1 Å². The summed E-state index contributed by atoms with van der Waals surface area (Å²) in [6.07, 6.45) is 5.69. The minimum Gasteiger partial charge on any atom is -0.352 e. The summed E-state index contributed by atoms with van der Waals surface area (Å²) in [5.74, 6) is 0.729. The summed E-state index contributed by atoms with van der Waals surface area (Å²) in [6.45, 7) is 3.33. The highest BCUT2D eigenvalue weighted by Gasteiger charge is 2.04. The third kappa shape index (κ3) is 4.80. The Morgan fingerprint density at radius 3 is 2.64 bits per heavy atom. The number of aliphatic imine (C=N–C) groups is 1. The standard InChI is InChI=1S/C17H19ClN6S/c1-12-7-20-16(25-12)10-22-17(19-2)21-8-13-9-23-24(11-13)15-5-3-14(18)4-6-15/h3-7,9,11H,8,10H2,1-2H3,(H2,19,21,22). The zero-order valence-corrected chi connectivity index (χ0v) is 15.6. The summed E-state index contributed by atoms with van der Waals surface area (Å²) < 4.78 is 1.82. The molecule has 2 N–H and O–H groups in total. The maximum Gasteiger partial charge on any atom is 0.191 e. The van der Waals surface area contributed by atoms with E-state index in [0.717, 1.165) is 22.2 Å². The quantitative estimate of drug-likeness (QED) is 0.531. The molecular formula is C17H19ClN6S. The smallest absolute Gasteiger partial charge is 0.191 e. The SMILES string of the molecule is CN=C(NCc1cnn(-c2ccc(Cl)cc2)c1)NCc1ncc(C)s1. The van der Waals surface area contributed by atoms with E-state index in [1.54, 1.807) is 18.4 Å². The highest BCUT2D eigenvalue weighted by molar-refractivity contribution is 7.11. The number of halogens is 1. The van der Waals surface area contributed by atoms with Gasteiger partial charge in [0.2, 0.25) is 0 Å². The van der Waals surface area contributed by atoms with Gasteiger partial charge in [-0.15, -0.1) is 11.3 Å². The Morgan fingerprint density at radius 1 is 1.20 bits per heavy atom. The fraction of sp³-hybridized carbons (Fsp3) is 0.235. The van der Waals surface area contributed by atoms with Gasteiger partial charge in [-0.2, -0.15) is 5.10 Å². The van der Waals surface area contributed by atoms with Crippen molar-refractivity contribution >= 4 is 28.9 Å². The second-order valence-corrected chi connectivity index (χ2v) is 7.17. The van der Waals surface area contributed by atoms with Gasteiger partial charge in [0.05, 0.1) is 18.4 Å². The van der Waals surface area contributed by atoms with Crippen molar-refractivity contribution in [1.82, 2.24) is 25.4 Å². The Bertz CT molecular complexity index is 852. The summed E-state index contributed by atoms with van der Waals surface area (Å²) in [7, 11) is 1.75. The van der Waals surface area contributed by atoms with Crippen LogP contribution in [0.3, 0.4) is 0 Å². The highest BCUT2D eigenvalue weighted by Crippen LogP contribution is 2.13. The number of thiazole rings is 1. The number of aryl methyl sites for hydroxylation is 1. The van der Waals surface area contributed by atoms with Crippen molar-refractivity contribution in [3.05, 3.63) is 63.3 Å². The fourth-order valence-corrected chi connectivity index (χ4v) is 3.09. The molecule has 0 fully saturated rings. The van der Waals surface area contributed by atoms with Crippen LogP contribution in [0.5, 0.6) is 0 Å². The molecule has 6 nitrogen and oxygen atoms in total. The summed E-state index contributed by atoms with van der Waals surface area (Å²) >= 11 is 7.59. The van der Waals surface area contributed by atoms with Crippen LogP contribution in [0.15, 0.2) is 47.8 Å². The van der Waals surface area contributed by atoms with Crippen molar-refractivity contribution in [3.8, 4) is 5.69 Å². The van der Waals surface area contributed by atoms with Crippen LogP contribution in [0.4, 0.5) is 0 Å². The number of hydrogen-bond acceptors (Lipinski definition) is 4. The van der Waals surface area contributed by atoms with Gasteiger partial charge in [0.25, 0.3) is 0 Å². The molecule has 0 aliphatic rings. The summed E-state index contributed by atoms with van der Waals surface area (Å²) in [4.78, 5) is 9.77. The lowest BCUT2D eigenvalue weighted by Crippen LogP contribution is -2.36. The Hall–Kier alpha value is -2.38. The first-order valence-corrected chi connectivity index (χ1v) is 8.99. The molecule has 2 aromatic heterocycles. The first-order valence-electron chi connectivity index (χ1n) is 7.79. The first kappa shape index (κ1) is 17.4. The van der Waals surface area contributed by atoms with E-state index in [1.165, 1.54) is 4.88 Å². The van der Waals surface area contributed by atoms with Crippen LogP contribution in [0, 0.1) is 6.92 Å². The largest absolute Gasteiger partial charge is 0.352 e. The zero-order valence-electron chi connectivity index (χ0n) is 14.0. The molecule has 0 aliphatic carbocycles. The van der Waals surface area contributed by atoms with Crippen LogP contribution in [0.25, 0.3) is 5.69 Å². The molecule has 25 heavy (non-hydrogen) atoms. The molecule has 0 amide bonds. The molecule has 0 spiro atoms. The molecule has 0 unspecified atom stereocenters. The van der Waals surface area contributed by atoms with Crippen LogP contribution < -0.4 is 10.6 Å². The number of nitrogens with one attached hydrogen (secondary N) is 2. The summed E-state index contributed by atoms with van der Waals surface area (Å²) in [6, 6.07) is 7.57. The normalized spacial score (nSPS) is 11.6. The van der Waals surface area contributed by atoms with Crippen LogP contribution >= 0.6 is 22.9 Å². The van der Waals surface area contributed by atoms with Crippen LogP contribution in [0.1, 0.15) is 15.4 Å². The van der Waals surface area contributed by atoms with E-state index in [9.17, 15) is 0 Å². The second-order valence-electron chi connectivity index (χ2n) is 5.41. The number of guanidine groups is 1. The highest BCUT2D eigenvalue weighted by atomic mass is 35.5. The van der Waals surface area contributed by atoms with E-state index in [2.05, 4.69) is 25.7 Å². The van der Waals surface area contributed by atoms with E-state index in [1.807, 2.05) is 54.5 Å². The van der Waals surface area contributed by atoms with Gasteiger partial charge in [-0.3, -0.25) is 4.99 Å². The molecule has 0 aliphatic heterocycles. The van der Waals surface area contributed by atoms with Gasteiger partial charge in [-0.25, -0.2) is 9.67 Å². The third-order valence-corrected chi connectivity index (χ3v) is 4.65. The third-order valence-electron chi connectivity index (χ3n) is 3.49. The van der Waals surface area contributed by atoms with E-state index in [-0.39, 0.29) is 0 Å². The predicted molar refractivity (Wildman–Crippen MR) is 102 cm³/mol. The van der Waals surface area contributed by atoms with Crippen LogP contribution in [-0.4, -0.2) is 27.8 Å². The van der Waals surface area contributed by atoms with Crippen molar-refractivity contribution in [2.24, 2.45) is 4.99 Å². The molecule has 0 saturated heterocycles. The molecule has 0 atom stereocenters. The van der Waals surface area contributed by atoms with Crippen molar-refractivity contribution in [2.45, 2.75) is 20.0 Å². The Morgan fingerprint density at radius 2 is 1.96 bits per heavy atom. The lowest BCUT2D eigenvalue weighted by molar-refractivity contribution is 0.804. The van der Waals surface area contributed by atoms with E-state index in [0.29, 0.717) is 18.1 Å². The van der Waals surface area contributed by atoms with Crippen LogP contribution in [0.2, 0.25) is 5.02 Å². The lowest BCUT2D eigenvalue weighted by Gasteiger charge is -2.09. The molecule has 0 radical (unpaired) electrons. The molecule has 130 valence electrons. The summed E-state index contributed by atoms with van der Waals surface area (Å²) in [5.41, 5.74) is 2.03. The Labute approximate surface area is 155 Å². The monoisotopic (exact) mass is 374 g/mol. The number of hydrogen-bond donors (Lipinski definition) is 2. The summed E-state index contributed by atoms with van der Waals surface area (Å²) in [5, 5.41) is 12.7. The molecule has 2 heterocycles. The van der Waals surface area contributed by atoms with E-state index in [4.69, 9.17) is 11.6 Å². The zero-order chi connectivity index (χ0) is 17.6. The number of benzene rings is 1. The van der Waals surface area contributed by atoms with Gasteiger partial charge >= 0.3 is 0 Å². The van der Waals surface area contributed by atoms with Gasteiger partial charge in [0.15, 0.2) is 5.96 Å². The second kappa shape index (κ2) is 8.13. The van der Waals surface area contributed by atoms with Gasteiger partial charge in [0.1, 0.15) is 5.01 Å². The number of rotatable bonds is 5. The molecule has 0 bridgehead atoms. The van der Waals surface area contributed by atoms with Gasteiger partial charge in [-0.05, 0) is 31.2 Å². The minimum absolute atomic E-state index is 0.629. The first-order chi connectivity index (χ1) is 12.1. The molecule has 3 aromatic rings. The Kier molecular flexibility index (Phi) is 5.67. The average molecular weight is 375 g/mol. The van der Waals surface area contributed by atoms with Gasteiger partial charge in [0, 0.05) is 41.4 Å². The van der Waals surface area contributed by atoms with Crippen molar-refractivity contribution in [3.63, 3.8) is 0 Å². The van der Waals surface area contributed by atoms with E-state index >= 15 is 0 Å². The topological polar surface area (TPSA) is 67.1 Å². The average Bonchev–Trinajstić information content (AvgIpc) is 3.25. The minimum atomic E-state index is 0.629. The van der Waals surface area contributed by atoms with Gasteiger partial charge in [-0.1, -0.05) is 11.6 Å². The van der Waals surface area contributed by atoms with Crippen molar-refractivity contribution < 1.29 is 0 Å². The lowest BCUT2D eigenvalue weighted by atomic mass is 10.3. The molecule has 8 heteroatoms. The number of nitrogens with zero attached hydrogens (tertiary/aromatic N) is 4. The Balaban J connectivity index is 1.54. The molecule has 3 rings (SSSR count). The maximum atomic E-state index is 5.92. The predicted octanol–water partition coefficient (Wildman–Crippen LogP) is 3.16.